The minimum absolute atomic E-state index is 0.107. The lowest BCUT2D eigenvalue weighted by Gasteiger charge is -2.43. The molecule has 0 bridgehead atoms. The average Bonchev–Trinajstić information content (AvgIpc) is 2.71. The number of nitrogens with one attached hydrogen (secondary N) is 1. The van der Waals surface area contributed by atoms with Crippen LogP contribution < -0.4 is 5.32 Å². The third-order valence-electron chi connectivity index (χ3n) is 4.51. The second kappa shape index (κ2) is 5.70. The highest BCUT2D eigenvalue weighted by Gasteiger charge is 2.68. The molecule has 1 aromatic rings. The van der Waals surface area contributed by atoms with Gasteiger partial charge in [-0.1, -0.05) is 30.3 Å². The predicted molar refractivity (Wildman–Crippen MR) is 86.4 cm³/mol. The highest BCUT2D eigenvalue weighted by Crippen LogP contribution is 2.43. The first-order valence-electron chi connectivity index (χ1n) is 7.54. The number of carbonyl (C=O) groups excluding carboxylic acids is 2. The third kappa shape index (κ3) is 2.41. The van der Waals surface area contributed by atoms with Crippen LogP contribution in [0.25, 0.3) is 0 Å². The number of carboxylic acid groups (broad SMARTS) is 1. The summed E-state index contributed by atoms with van der Waals surface area (Å²) in [5.41, 5.74) is 0.801. The summed E-state index contributed by atoms with van der Waals surface area (Å²) in [4.78, 5) is 37.0. The van der Waals surface area contributed by atoms with Crippen LogP contribution in [-0.2, 0) is 31.6 Å². The van der Waals surface area contributed by atoms with Crippen molar-refractivity contribution in [1.29, 1.82) is 0 Å². The molecule has 2 aliphatic rings. The van der Waals surface area contributed by atoms with Crippen LogP contribution in [0, 0.1) is 0 Å². The van der Waals surface area contributed by atoms with E-state index >= 15 is 0 Å². The maximum Gasteiger partial charge on any atom is 0.328 e. The van der Waals surface area contributed by atoms with E-state index < -0.39 is 44.9 Å². The number of aliphatic carboxylic acids is 1. The standard InChI is InChI=1S/C16H18N2O5S/c1-16(2)12(15(21)22)18-13(20)11(14(18)24(16)23)17-10(19)8-9-6-4-3-5-7-9/h3-7,11-12,14H,8H2,1-2H3,(H,17,19)(H,21,22)/t11-,12-,14-,24-/m1/s1. The summed E-state index contributed by atoms with van der Waals surface area (Å²) in [5, 5.41) is 11.2. The molecule has 2 amide bonds. The molecule has 2 aliphatic heterocycles. The summed E-state index contributed by atoms with van der Waals surface area (Å²) >= 11 is 0. The van der Waals surface area contributed by atoms with E-state index in [0.29, 0.717) is 0 Å². The molecule has 0 spiro atoms. The Kier molecular flexibility index (Phi) is 3.95. The lowest BCUT2D eigenvalue weighted by atomic mass is 9.96. The number of amides is 2. The van der Waals surface area contributed by atoms with Crippen molar-refractivity contribution in [2.45, 2.75) is 42.5 Å². The molecular formula is C16H18N2O5S. The van der Waals surface area contributed by atoms with Crippen molar-refractivity contribution in [2.75, 3.05) is 0 Å². The van der Waals surface area contributed by atoms with E-state index in [-0.39, 0.29) is 12.3 Å². The van der Waals surface area contributed by atoms with Crippen LogP contribution in [0.3, 0.4) is 0 Å². The quantitative estimate of drug-likeness (QED) is 0.737. The Morgan fingerprint density at radius 3 is 2.50 bits per heavy atom. The molecule has 8 heteroatoms. The molecule has 2 heterocycles. The maximum atomic E-state index is 12.6. The summed E-state index contributed by atoms with van der Waals surface area (Å²) in [7, 11) is -1.58. The predicted octanol–water partition coefficient (Wildman–Crippen LogP) is -0.124. The number of carbonyl (C=O) groups is 3. The third-order valence-corrected chi connectivity index (χ3v) is 6.71. The molecule has 3 rings (SSSR count). The van der Waals surface area contributed by atoms with Gasteiger partial charge in [-0.3, -0.25) is 13.8 Å². The number of nitrogens with zero attached hydrogens (tertiary/aromatic N) is 1. The van der Waals surface area contributed by atoms with Gasteiger partial charge in [-0.05, 0) is 19.4 Å². The molecule has 0 unspecified atom stereocenters. The number of hydrogen-bond donors (Lipinski definition) is 2. The van der Waals surface area contributed by atoms with Gasteiger partial charge in [0.25, 0.3) is 0 Å². The van der Waals surface area contributed by atoms with Gasteiger partial charge in [-0.25, -0.2) is 4.79 Å². The molecule has 1 aromatic carbocycles. The van der Waals surface area contributed by atoms with Crippen molar-refractivity contribution in [3.63, 3.8) is 0 Å². The molecular weight excluding hydrogens is 332 g/mol. The monoisotopic (exact) mass is 350 g/mol. The maximum absolute atomic E-state index is 12.6. The molecule has 2 fully saturated rings. The van der Waals surface area contributed by atoms with Crippen molar-refractivity contribution < 1.29 is 23.7 Å². The Balaban J connectivity index is 1.74. The Bertz CT molecular complexity index is 733. The number of hydrogen-bond acceptors (Lipinski definition) is 4. The number of carboxylic acids is 1. The van der Waals surface area contributed by atoms with Crippen LogP contribution in [0.1, 0.15) is 19.4 Å². The Labute approximate surface area is 141 Å². The second-order valence-electron chi connectivity index (χ2n) is 6.49. The van der Waals surface area contributed by atoms with Gasteiger partial charge in [-0.15, -0.1) is 0 Å². The van der Waals surface area contributed by atoms with E-state index in [4.69, 9.17) is 0 Å². The molecule has 128 valence electrons. The van der Waals surface area contributed by atoms with Crippen molar-refractivity contribution in [3.05, 3.63) is 35.9 Å². The van der Waals surface area contributed by atoms with E-state index in [0.717, 1.165) is 10.5 Å². The van der Waals surface area contributed by atoms with E-state index in [1.165, 1.54) is 0 Å². The summed E-state index contributed by atoms with van der Waals surface area (Å²) in [6.07, 6.45) is 0.107. The van der Waals surface area contributed by atoms with Crippen molar-refractivity contribution in [3.8, 4) is 0 Å². The van der Waals surface area contributed by atoms with Crippen LogP contribution in [0.2, 0.25) is 0 Å². The van der Waals surface area contributed by atoms with Gasteiger partial charge < -0.3 is 15.3 Å². The van der Waals surface area contributed by atoms with E-state index in [1.807, 2.05) is 18.2 Å². The zero-order valence-electron chi connectivity index (χ0n) is 13.3. The largest absolute Gasteiger partial charge is 0.480 e. The second-order valence-corrected chi connectivity index (χ2v) is 8.62. The number of benzene rings is 1. The Morgan fingerprint density at radius 2 is 1.92 bits per heavy atom. The van der Waals surface area contributed by atoms with E-state index in [9.17, 15) is 23.7 Å². The molecule has 2 saturated heterocycles. The molecule has 24 heavy (non-hydrogen) atoms. The number of fused-ring (bicyclic) bond motifs is 1. The van der Waals surface area contributed by atoms with Gasteiger partial charge >= 0.3 is 5.97 Å². The summed E-state index contributed by atoms with van der Waals surface area (Å²) < 4.78 is 11.5. The summed E-state index contributed by atoms with van der Waals surface area (Å²) in [6, 6.07) is 6.99. The van der Waals surface area contributed by atoms with Crippen LogP contribution >= 0.6 is 0 Å². The number of β-lactam (4-membered cyclic amide) rings is 1. The molecule has 4 atom stereocenters. The van der Waals surface area contributed by atoms with Gasteiger partial charge in [0, 0.05) is 0 Å². The molecule has 0 saturated carbocycles. The fourth-order valence-corrected chi connectivity index (χ4v) is 5.22. The van der Waals surface area contributed by atoms with Crippen LogP contribution in [0.4, 0.5) is 0 Å². The highest BCUT2D eigenvalue weighted by atomic mass is 32.2. The summed E-state index contributed by atoms with van der Waals surface area (Å²) in [5.74, 6) is -2.03. The van der Waals surface area contributed by atoms with Gasteiger partial charge in [-0.2, -0.15) is 0 Å². The van der Waals surface area contributed by atoms with Crippen LogP contribution in [0.15, 0.2) is 30.3 Å². The smallest absolute Gasteiger partial charge is 0.328 e. The first kappa shape index (κ1) is 16.6. The zero-order valence-corrected chi connectivity index (χ0v) is 14.1. The van der Waals surface area contributed by atoms with Crippen molar-refractivity contribution in [2.24, 2.45) is 0 Å². The van der Waals surface area contributed by atoms with Gasteiger partial charge in [0.15, 0.2) is 0 Å². The SMILES string of the molecule is CC1(C)[C@@H](C(=O)O)N2C(=O)[C@@H](NC(=O)Cc3ccccc3)[C@H]2[S@]1=O. The van der Waals surface area contributed by atoms with Crippen molar-refractivity contribution >= 4 is 28.6 Å². The Morgan fingerprint density at radius 1 is 1.29 bits per heavy atom. The molecule has 0 radical (unpaired) electrons. The topological polar surface area (TPSA) is 104 Å². The molecule has 7 nitrogen and oxygen atoms in total. The normalized spacial score (nSPS) is 30.4. The Hall–Kier alpha value is -2.22. The molecule has 0 aromatic heterocycles. The first-order valence-corrected chi connectivity index (χ1v) is 8.75. The van der Waals surface area contributed by atoms with Gasteiger partial charge in [0.1, 0.15) is 17.5 Å². The lowest BCUT2D eigenvalue weighted by molar-refractivity contribution is -0.161. The number of rotatable bonds is 4. The first-order chi connectivity index (χ1) is 11.2. The van der Waals surface area contributed by atoms with Gasteiger partial charge in [0.05, 0.1) is 22.0 Å². The van der Waals surface area contributed by atoms with Crippen molar-refractivity contribution in [1.82, 2.24) is 10.2 Å². The fourth-order valence-electron chi connectivity index (χ4n) is 3.30. The zero-order chi connectivity index (χ0) is 17.6. The highest BCUT2D eigenvalue weighted by molar-refractivity contribution is 7.87. The van der Waals surface area contributed by atoms with Gasteiger partial charge in [0.2, 0.25) is 11.8 Å². The fraction of sp³-hybridized carbons (Fsp3) is 0.438. The van der Waals surface area contributed by atoms with E-state index in [2.05, 4.69) is 5.32 Å². The minimum Gasteiger partial charge on any atom is -0.480 e. The molecule has 2 N–H and O–H groups in total. The lowest BCUT2D eigenvalue weighted by Crippen LogP contribution is -2.71. The average molecular weight is 350 g/mol. The van der Waals surface area contributed by atoms with Crippen LogP contribution in [-0.4, -0.2) is 54.2 Å². The van der Waals surface area contributed by atoms with Crippen LogP contribution in [0.5, 0.6) is 0 Å². The molecule has 0 aliphatic carbocycles. The summed E-state index contributed by atoms with van der Waals surface area (Å²) in [6.45, 7) is 3.13. The minimum atomic E-state index is -1.58. The van der Waals surface area contributed by atoms with E-state index in [1.54, 1.807) is 26.0 Å².